The van der Waals surface area contributed by atoms with Crippen molar-refractivity contribution >= 4 is 5.91 Å². The third-order valence-electron chi connectivity index (χ3n) is 2.58. The minimum Gasteiger partial charge on any atom is -0.396 e. The maximum atomic E-state index is 11.8. The summed E-state index contributed by atoms with van der Waals surface area (Å²) in [5.74, 6) is 0.535. The Morgan fingerprint density at radius 3 is 2.57 bits per heavy atom. The highest BCUT2D eigenvalue weighted by Crippen LogP contribution is 2.23. The number of aliphatic hydroxyl groups excluding tert-OH is 1. The first kappa shape index (κ1) is 11.5. The van der Waals surface area contributed by atoms with E-state index in [-0.39, 0.29) is 17.9 Å². The van der Waals surface area contributed by atoms with Crippen molar-refractivity contribution in [3.63, 3.8) is 0 Å². The molecular weight excluding hydrogens is 178 g/mol. The van der Waals surface area contributed by atoms with E-state index in [9.17, 15) is 4.79 Å². The van der Waals surface area contributed by atoms with Gasteiger partial charge < -0.3 is 10.0 Å². The molecule has 1 saturated heterocycles. The van der Waals surface area contributed by atoms with E-state index in [1.807, 2.05) is 4.90 Å². The predicted molar refractivity (Wildman–Crippen MR) is 55.8 cm³/mol. The van der Waals surface area contributed by atoms with E-state index in [0.29, 0.717) is 12.3 Å². The molecule has 1 amide bonds. The van der Waals surface area contributed by atoms with E-state index >= 15 is 0 Å². The number of hydrogen-bond donors (Lipinski definition) is 1. The molecule has 0 radical (unpaired) electrons. The van der Waals surface area contributed by atoms with Crippen molar-refractivity contribution in [3.8, 4) is 0 Å². The maximum absolute atomic E-state index is 11.8. The van der Waals surface area contributed by atoms with Crippen molar-refractivity contribution in [3.05, 3.63) is 0 Å². The Kier molecular flexibility index (Phi) is 3.53. The Morgan fingerprint density at radius 1 is 1.50 bits per heavy atom. The first-order valence-corrected chi connectivity index (χ1v) is 5.31. The lowest BCUT2D eigenvalue weighted by molar-refractivity contribution is -0.132. The van der Waals surface area contributed by atoms with Crippen LogP contribution in [-0.4, -0.2) is 35.6 Å². The highest BCUT2D eigenvalue weighted by atomic mass is 16.3. The molecule has 1 fully saturated rings. The molecule has 82 valence electrons. The Bertz CT molecular complexity index is 208. The van der Waals surface area contributed by atoms with Crippen molar-refractivity contribution in [2.24, 2.45) is 11.3 Å². The molecule has 0 spiro atoms. The second kappa shape index (κ2) is 4.30. The molecule has 1 N–H and O–H groups in total. The van der Waals surface area contributed by atoms with Gasteiger partial charge in [-0.2, -0.15) is 0 Å². The molecule has 1 aliphatic rings. The lowest BCUT2D eigenvalue weighted by Gasteiger charge is -2.22. The first-order chi connectivity index (χ1) is 6.42. The van der Waals surface area contributed by atoms with Crippen LogP contribution >= 0.6 is 0 Å². The quantitative estimate of drug-likeness (QED) is 0.727. The largest absolute Gasteiger partial charge is 0.396 e. The molecule has 0 saturated carbocycles. The van der Waals surface area contributed by atoms with Gasteiger partial charge in [-0.05, 0) is 11.8 Å². The second-order valence-corrected chi connectivity index (χ2v) is 5.41. The maximum Gasteiger partial charge on any atom is 0.223 e. The number of rotatable bonds is 2. The number of carbonyl (C=O) groups is 1. The zero-order chi connectivity index (χ0) is 10.8. The highest BCUT2D eigenvalue weighted by molar-refractivity contribution is 5.77. The molecule has 3 heteroatoms. The minimum absolute atomic E-state index is 0.0639. The van der Waals surface area contributed by atoms with Crippen LogP contribution < -0.4 is 0 Å². The molecule has 0 aromatic heterocycles. The molecule has 0 aliphatic carbocycles. The lowest BCUT2D eigenvalue weighted by Crippen LogP contribution is -2.31. The fraction of sp³-hybridized carbons (Fsp3) is 0.909. The second-order valence-electron chi connectivity index (χ2n) is 5.41. The minimum atomic E-state index is 0.0639. The number of aliphatic hydroxyl groups is 1. The molecule has 0 unspecified atom stereocenters. The van der Waals surface area contributed by atoms with E-state index in [2.05, 4.69) is 20.8 Å². The van der Waals surface area contributed by atoms with Gasteiger partial charge in [-0.15, -0.1) is 0 Å². The van der Waals surface area contributed by atoms with Crippen LogP contribution in [-0.2, 0) is 4.79 Å². The van der Waals surface area contributed by atoms with Gasteiger partial charge in [0, 0.05) is 32.0 Å². The van der Waals surface area contributed by atoms with Gasteiger partial charge in [0.05, 0.1) is 0 Å². The normalized spacial score (nSPS) is 22.9. The number of amides is 1. The first-order valence-electron chi connectivity index (χ1n) is 5.31. The van der Waals surface area contributed by atoms with Crippen LogP contribution in [0.1, 0.15) is 33.6 Å². The smallest absolute Gasteiger partial charge is 0.223 e. The van der Waals surface area contributed by atoms with Crippen LogP contribution in [0.5, 0.6) is 0 Å². The predicted octanol–water partition coefficient (Wildman–Crippen LogP) is 1.26. The van der Waals surface area contributed by atoms with Crippen LogP contribution in [0.4, 0.5) is 0 Å². The topological polar surface area (TPSA) is 40.5 Å². The summed E-state index contributed by atoms with van der Waals surface area (Å²) in [5, 5.41) is 8.96. The molecule has 3 nitrogen and oxygen atoms in total. The van der Waals surface area contributed by atoms with Gasteiger partial charge >= 0.3 is 0 Å². The number of nitrogens with zero attached hydrogens (tertiary/aromatic N) is 1. The summed E-state index contributed by atoms with van der Waals surface area (Å²) >= 11 is 0. The Morgan fingerprint density at radius 2 is 2.14 bits per heavy atom. The van der Waals surface area contributed by atoms with Gasteiger partial charge in [-0.3, -0.25) is 4.79 Å². The van der Waals surface area contributed by atoms with Crippen molar-refractivity contribution < 1.29 is 9.90 Å². The highest BCUT2D eigenvalue weighted by Gasteiger charge is 2.27. The lowest BCUT2D eigenvalue weighted by atomic mass is 9.92. The molecule has 1 aliphatic heterocycles. The van der Waals surface area contributed by atoms with Gasteiger partial charge in [-0.25, -0.2) is 0 Å². The molecular formula is C11H21NO2. The van der Waals surface area contributed by atoms with Crippen molar-refractivity contribution in [2.45, 2.75) is 33.6 Å². The molecule has 0 bridgehead atoms. The Balaban J connectivity index is 2.40. The van der Waals surface area contributed by atoms with Crippen LogP contribution in [0.15, 0.2) is 0 Å². The zero-order valence-electron chi connectivity index (χ0n) is 9.42. The number of carbonyl (C=O) groups excluding carboxylic acids is 1. The molecule has 0 aromatic rings. The summed E-state index contributed by atoms with van der Waals surface area (Å²) in [4.78, 5) is 13.6. The van der Waals surface area contributed by atoms with Crippen LogP contribution in [0.3, 0.4) is 0 Å². The Labute approximate surface area is 86.1 Å². The van der Waals surface area contributed by atoms with Gasteiger partial charge in [-0.1, -0.05) is 20.8 Å². The SMILES string of the molecule is CC(C)(C)CC(=O)N1CC[C@@H](CO)C1. The number of likely N-dealkylation sites (tertiary alicyclic amines) is 1. The van der Waals surface area contributed by atoms with E-state index in [4.69, 9.17) is 5.11 Å². The zero-order valence-corrected chi connectivity index (χ0v) is 9.42. The van der Waals surface area contributed by atoms with Crippen LogP contribution in [0, 0.1) is 11.3 Å². The molecule has 0 aromatic carbocycles. The van der Waals surface area contributed by atoms with E-state index in [1.54, 1.807) is 0 Å². The molecule has 1 rings (SSSR count). The summed E-state index contributed by atoms with van der Waals surface area (Å²) in [7, 11) is 0. The summed E-state index contributed by atoms with van der Waals surface area (Å²) in [5.41, 5.74) is 0.0639. The molecule has 1 atom stereocenters. The van der Waals surface area contributed by atoms with Crippen molar-refractivity contribution in [1.82, 2.24) is 4.90 Å². The fourth-order valence-corrected chi connectivity index (χ4v) is 1.77. The van der Waals surface area contributed by atoms with E-state index in [1.165, 1.54) is 0 Å². The average Bonchev–Trinajstić information content (AvgIpc) is 2.48. The van der Waals surface area contributed by atoms with Crippen molar-refractivity contribution in [2.75, 3.05) is 19.7 Å². The molecule has 1 heterocycles. The van der Waals surface area contributed by atoms with Crippen LogP contribution in [0.25, 0.3) is 0 Å². The molecule has 14 heavy (non-hydrogen) atoms. The summed E-state index contributed by atoms with van der Waals surface area (Å²) in [6.45, 7) is 7.99. The van der Waals surface area contributed by atoms with Crippen LogP contribution in [0.2, 0.25) is 0 Å². The van der Waals surface area contributed by atoms with Gasteiger partial charge in [0.2, 0.25) is 5.91 Å². The fourth-order valence-electron chi connectivity index (χ4n) is 1.77. The van der Waals surface area contributed by atoms with Gasteiger partial charge in [0.15, 0.2) is 0 Å². The van der Waals surface area contributed by atoms with E-state index < -0.39 is 0 Å². The summed E-state index contributed by atoms with van der Waals surface area (Å²) in [6, 6.07) is 0. The third-order valence-corrected chi connectivity index (χ3v) is 2.58. The monoisotopic (exact) mass is 199 g/mol. The Hall–Kier alpha value is -0.570. The van der Waals surface area contributed by atoms with Gasteiger partial charge in [0.25, 0.3) is 0 Å². The van der Waals surface area contributed by atoms with E-state index in [0.717, 1.165) is 19.5 Å². The van der Waals surface area contributed by atoms with Crippen molar-refractivity contribution in [1.29, 1.82) is 0 Å². The van der Waals surface area contributed by atoms with Gasteiger partial charge in [0.1, 0.15) is 0 Å². The number of hydrogen-bond acceptors (Lipinski definition) is 2. The summed E-state index contributed by atoms with van der Waals surface area (Å²) in [6.07, 6.45) is 1.55. The average molecular weight is 199 g/mol. The standard InChI is InChI=1S/C11H21NO2/c1-11(2,3)6-10(14)12-5-4-9(7-12)8-13/h9,13H,4-8H2,1-3H3/t9-/m1/s1. The third kappa shape index (κ3) is 3.29. The summed E-state index contributed by atoms with van der Waals surface area (Å²) < 4.78 is 0.